The third-order valence-corrected chi connectivity index (χ3v) is 13.8. The average Bonchev–Trinajstić information content (AvgIpc) is 4.12. The van der Waals surface area contributed by atoms with Crippen LogP contribution in [0.4, 0.5) is 0 Å². The van der Waals surface area contributed by atoms with Crippen LogP contribution >= 0.6 is 0 Å². The van der Waals surface area contributed by atoms with E-state index in [0.29, 0.717) is 0 Å². The molecule has 9 aromatic carbocycles. The summed E-state index contributed by atoms with van der Waals surface area (Å²) in [7, 11) is 0. The molecule has 0 amide bonds. The summed E-state index contributed by atoms with van der Waals surface area (Å²) in [5, 5.41) is 8.01. The summed E-state index contributed by atoms with van der Waals surface area (Å²) in [4.78, 5) is 0. The number of hydrogen-bond acceptors (Lipinski definition) is 3. The van der Waals surface area contributed by atoms with Crippen LogP contribution in [0.1, 0.15) is 22.5 Å². The zero-order valence-electron chi connectivity index (χ0n) is 33.1. The molecule has 1 aliphatic carbocycles. The van der Waals surface area contributed by atoms with Gasteiger partial charge in [0.15, 0.2) is 11.5 Å². The Labute approximate surface area is 353 Å². The molecule has 5 heteroatoms. The van der Waals surface area contributed by atoms with Gasteiger partial charge >= 0.3 is 0 Å². The lowest BCUT2D eigenvalue weighted by Crippen LogP contribution is -2.31. The van der Waals surface area contributed by atoms with Crippen LogP contribution in [0.15, 0.2) is 203 Å². The highest BCUT2D eigenvalue weighted by Gasteiger charge is 2.54. The SMILES string of the molecule is c1ccc2c(c1)Oc1c(oc3ccccc13)C21c2cc(-n3c4ccccc4c4ccccc43)ccc2-c2ccc(-n3c4ccccc4c4ccc5oc6ccccc6c5c43)cc21. The topological polar surface area (TPSA) is 45.4 Å². The van der Waals surface area contributed by atoms with Crippen molar-refractivity contribution in [1.82, 2.24) is 9.13 Å². The van der Waals surface area contributed by atoms with Gasteiger partial charge in [-0.2, -0.15) is 0 Å². The number of hydrogen-bond donors (Lipinski definition) is 0. The predicted molar refractivity (Wildman–Crippen MR) is 250 cm³/mol. The van der Waals surface area contributed by atoms with Crippen LogP contribution in [0.5, 0.6) is 11.5 Å². The van der Waals surface area contributed by atoms with Crippen molar-refractivity contribution in [2.45, 2.75) is 5.41 Å². The van der Waals surface area contributed by atoms with Gasteiger partial charge < -0.3 is 22.7 Å². The largest absolute Gasteiger partial charge is 0.456 e. The van der Waals surface area contributed by atoms with Gasteiger partial charge in [-0.3, -0.25) is 0 Å². The van der Waals surface area contributed by atoms with E-state index in [1.54, 1.807) is 0 Å². The number of rotatable bonds is 2. The highest BCUT2D eigenvalue weighted by Crippen LogP contribution is 2.64. The Morgan fingerprint density at radius 2 is 0.903 bits per heavy atom. The fourth-order valence-corrected chi connectivity index (χ4v) is 11.3. The first-order valence-electron chi connectivity index (χ1n) is 21.2. The van der Waals surface area contributed by atoms with Crippen LogP contribution in [0, 0.1) is 0 Å². The lowest BCUT2D eigenvalue weighted by molar-refractivity contribution is 0.389. The number of para-hydroxylation sites is 6. The highest BCUT2D eigenvalue weighted by atomic mass is 16.5. The Morgan fingerprint density at radius 3 is 1.60 bits per heavy atom. The standard InChI is InChI=1S/C57H32N2O3/c1-7-19-46-37(13-1)38-14-2-8-20-47(38)58(46)33-25-27-35-36-28-26-34(59-48-21-9-3-15-39(48)40-29-30-52-53(54(40)59)41-16-4-10-22-49(41)60-52)32-45(36)57(44(35)31-33)43-18-6-12-24-51(43)61-55-42-17-5-11-23-50(42)62-56(55)57/h1-32H. The maximum Gasteiger partial charge on any atom is 0.178 e. The van der Waals surface area contributed by atoms with E-state index in [9.17, 15) is 0 Å². The second kappa shape index (κ2) is 11.5. The normalized spacial score (nSPS) is 15.3. The second-order valence-corrected chi connectivity index (χ2v) is 16.7. The predicted octanol–water partition coefficient (Wildman–Crippen LogP) is 15.0. The average molecular weight is 793 g/mol. The maximum absolute atomic E-state index is 7.19. The minimum Gasteiger partial charge on any atom is -0.456 e. The van der Waals surface area contributed by atoms with Crippen molar-refractivity contribution in [2.75, 3.05) is 0 Å². The number of fused-ring (bicyclic) bond motifs is 21. The summed E-state index contributed by atoms with van der Waals surface area (Å²) in [6.07, 6.45) is 0. The summed E-state index contributed by atoms with van der Waals surface area (Å²) >= 11 is 0. The summed E-state index contributed by atoms with van der Waals surface area (Å²) in [6.45, 7) is 0. The van der Waals surface area contributed by atoms with E-state index in [4.69, 9.17) is 13.6 Å². The molecule has 62 heavy (non-hydrogen) atoms. The zero-order valence-corrected chi connectivity index (χ0v) is 33.1. The van der Waals surface area contributed by atoms with Gasteiger partial charge in [-0.25, -0.2) is 0 Å². The molecular weight excluding hydrogens is 761 g/mol. The first-order valence-corrected chi connectivity index (χ1v) is 21.2. The molecule has 1 spiro atoms. The minimum atomic E-state index is -0.866. The van der Waals surface area contributed by atoms with Gasteiger partial charge in [0.05, 0.1) is 32.8 Å². The molecule has 15 rings (SSSR count). The van der Waals surface area contributed by atoms with Gasteiger partial charge in [0.2, 0.25) is 0 Å². The van der Waals surface area contributed by atoms with Crippen molar-refractivity contribution in [3.8, 4) is 34.0 Å². The quantitative estimate of drug-likeness (QED) is 0.175. The molecule has 0 saturated carbocycles. The molecule has 288 valence electrons. The number of furan rings is 2. The van der Waals surface area contributed by atoms with Crippen molar-refractivity contribution in [1.29, 1.82) is 0 Å². The molecule has 1 unspecified atom stereocenters. The Hall–Kier alpha value is -8.28. The lowest BCUT2D eigenvalue weighted by atomic mass is 9.69. The molecule has 1 aliphatic heterocycles. The van der Waals surface area contributed by atoms with Gasteiger partial charge in [0.1, 0.15) is 27.9 Å². The Balaban J connectivity index is 1.09. The first-order chi connectivity index (χ1) is 30.8. The molecule has 0 bridgehead atoms. The maximum atomic E-state index is 7.19. The van der Waals surface area contributed by atoms with Crippen LogP contribution in [-0.4, -0.2) is 9.13 Å². The van der Waals surface area contributed by atoms with E-state index in [1.807, 2.05) is 12.1 Å². The van der Waals surface area contributed by atoms with Crippen molar-refractivity contribution < 1.29 is 13.6 Å². The van der Waals surface area contributed by atoms with Gasteiger partial charge in [0.25, 0.3) is 0 Å². The molecule has 0 fully saturated rings. The molecule has 13 aromatic rings. The summed E-state index contributed by atoms with van der Waals surface area (Å²) in [6, 6.07) is 69.7. The molecule has 0 N–H and O–H groups in total. The summed E-state index contributed by atoms with van der Waals surface area (Å²) < 4.78 is 25.5. The number of ether oxygens (including phenoxy) is 1. The molecule has 5 heterocycles. The summed E-state index contributed by atoms with van der Waals surface area (Å²) in [5.74, 6) is 2.37. The van der Waals surface area contributed by atoms with E-state index in [1.165, 1.54) is 43.7 Å². The monoisotopic (exact) mass is 792 g/mol. The third kappa shape index (κ3) is 3.90. The van der Waals surface area contributed by atoms with Gasteiger partial charge in [-0.15, -0.1) is 0 Å². The van der Waals surface area contributed by atoms with E-state index >= 15 is 0 Å². The number of aromatic nitrogens is 2. The third-order valence-electron chi connectivity index (χ3n) is 13.8. The van der Waals surface area contributed by atoms with Crippen LogP contribution in [0.2, 0.25) is 0 Å². The zero-order chi connectivity index (χ0) is 40.3. The molecule has 0 saturated heterocycles. The van der Waals surface area contributed by atoms with Gasteiger partial charge in [-0.05, 0) is 101 Å². The molecule has 1 atom stereocenters. The van der Waals surface area contributed by atoms with E-state index in [2.05, 4.69) is 191 Å². The molecule has 2 aliphatic rings. The molecule has 4 aromatic heterocycles. The molecular formula is C57H32N2O3. The highest BCUT2D eigenvalue weighted by molar-refractivity contribution is 6.24. The number of nitrogens with zero attached hydrogens (tertiary/aromatic N) is 2. The molecule has 0 radical (unpaired) electrons. The second-order valence-electron chi connectivity index (χ2n) is 16.7. The number of benzene rings is 9. The van der Waals surface area contributed by atoms with Crippen LogP contribution in [-0.2, 0) is 5.41 Å². The fourth-order valence-electron chi connectivity index (χ4n) is 11.3. The van der Waals surface area contributed by atoms with Crippen LogP contribution < -0.4 is 4.74 Å². The van der Waals surface area contributed by atoms with Crippen molar-refractivity contribution >= 4 is 76.5 Å². The minimum absolute atomic E-state index is 0.759. The van der Waals surface area contributed by atoms with Gasteiger partial charge in [0, 0.05) is 43.9 Å². The Bertz CT molecular complexity index is 4050. The fraction of sp³-hybridized carbons (Fsp3) is 0.0175. The first kappa shape index (κ1) is 32.6. The van der Waals surface area contributed by atoms with Gasteiger partial charge in [-0.1, -0.05) is 115 Å². The van der Waals surface area contributed by atoms with Crippen molar-refractivity contribution in [2.24, 2.45) is 0 Å². The van der Waals surface area contributed by atoms with Crippen molar-refractivity contribution in [3.63, 3.8) is 0 Å². The lowest BCUT2D eigenvalue weighted by Gasteiger charge is -2.36. The molecule has 5 nitrogen and oxygen atoms in total. The summed E-state index contributed by atoms with van der Waals surface area (Å²) in [5.41, 5.74) is 14.1. The Kier molecular flexibility index (Phi) is 6.04. The van der Waals surface area contributed by atoms with Crippen LogP contribution in [0.3, 0.4) is 0 Å². The Morgan fingerprint density at radius 1 is 0.371 bits per heavy atom. The van der Waals surface area contributed by atoms with E-state index in [0.717, 1.165) is 89.3 Å². The van der Waals surface area contributed by atoms with E-state index < -0.39 is 5.41 Å². The van der Waals surface area contributed by atoms with Crippen molar-refractivity contribution in [3.05, 3.63) is 217 Å². The van der Waals surface area contributed by atoms with Crippen LogP contribution in [0.25, 0.3) is 99.0 Å². The van der Waals surface area contributed by atoms with E-state index in [-0.39, 0.29) is 0 Å². The smallest absolute Gasteiger partial charge is 0.178 e.